The third kappa shape index (κ3) is 10.5. The van der Waals surface area contributed by atoms with Gasteiger partial charge in [0.2, 0.25) is 0 Å². The maximum Gasteiger partial charge on any atom is 0.349 e. The molecule has 2 saturated heterocycles. The predicted octanol–water partition coefficient (Wildman–Crippen LogP) is 2.81. The lowest BCUT2D eigenvalue weighted by molar-refractivity contribution is -0.157. The van der Waals surface area contributed by atoms with Gasteiger partial charge in [0.25, 0.3) is 0 Å². The SMILES string of the molecule is C=CC(=O)OCCOc1ccc(/C=C(\C#N)C(=O)O[C@@H]2COC3[C@@H](OC(=O)C(C#N)Cc4ccc(OCCOC(=O)C=C)cc4)CO[C@@H]32)cc1. The first-order valence-electron chi connectivity index (χ1n) is 15.4. The monoisotopic (exact) mass is 686 g/mol. The van der Waals surface area contributed by atoms with Gasteiger partial charge in [-0.3, -0.25) is 4.79 Å². The summed E-state index contributed by atoms with van der Waals surface area (Å²) in [6.07, 6.45) is 0.383. The first kappa shape index (κ1) is 36.9. The molecule has 2 aliphatic rings. The third-order valence-corrected chi connectivity index (χ3v) is 7.35. The molecular formula is C36H34N2O12. The molecule has 0 aliphatic carbocycles. The number of hydrogen-bond acceptors (Lipinski definition) is 14. The molecule has 50 heavy (non-hydrogen) atoms. The zero-order valence-corrected chi connectivity index (χ0v) is 26.9. The van der Waals surface area contributed by atoms with Crippen molar-refractivity contribution in [2.24, 2.45) is 5.92 Å². The maximum atomic E-state index is 12.9. The lowest BCUT2D eigenvalue weighted by Gasteiger charge is -2.18. The molecule has 0 spiro atoms. The Balaban J connectivity index is 1.24. The molecule has 0 radical (unpaired) electrons. The molecule has 0 N–H and O–H groups in total. The lowest BCUT2D eigenvalue weighted by atomic mass is 10.0. The average Bonchev–Trinajstić information content (AvgIpc) is 3.73. The molecule has 2 fully saturated rings. The van der Waals surface area contributed by atoms with Crippen LogP contribution in [-0.4, -0.2) is 87.9 Å². The van der Waals surface area contributed by atoms with Crippen LogP contribution in [0.5, 0.6) is 11.5 Å². The van der Waals surface area contributed by atoms with E-state index in [4.69, 9.17) is 37.9 Å². The van der Waals surface area contributed by atoms with Crippen LogP contribution < -0.4 is 9.47 Å². The maximum absolute atomic E-state index is 12.9. The van der Waals surface area contributed by atoms with Crippen molar-refractivity contribution >= 4 is 30.0 Å². The van der Waals surface area contributed by atoms with Crippen LogP contribution in [0.3, 0.4) is 0 Å². The first-order chi connectivity index (χ1) is 24.2. The Labute approximate surface area is 288 Å². The summed E-state index contributed by atoms with van der Waals surface area (Å²) in [5, 5.41) is 19.3. The number of benzene rings is 2. The molecule has 2 heterocycles. The Hall–Kier alpha value is -5.96. The second-order valence-electron chi connectivity index (χ2n) is 10.7. The standard InChI is InChI=1S/C36H34N2O12/c1-3-31(39)45-15-13-43-27-9-5-23(6-10-27)17-25(19-37)35(41)49-29-21-47-34-30(22-48-33(29)34)50-36(42)26(20-38)18-24-7-11-28(12-8-24)44-14-16-46-32(40)4-2/h3-12,17,26,29-30,33-34H,1-2,13-16,18,21-22H2/b25-17+/t26?,29-,30+,33-,34?/m1/s1. The van der Waals surface area contributed by atoms with E-state index < -0.39 is 54.2 Å². The van der Waals surface area contributed by atoms with E-state index in [1.807, 2.05) is 12.1 Å². The van der Waals surface area contributed by atoms with E-state index in [1.165, 1.54) is 6.08 Å². The van der Waals surface area contributed by atoms with Gasteiger partial charge in [0.05, 0.1) is 19.3 Å². The van der Waals surface area contributed by atoms with E-state index in [0.29, 0.717) is 22.6 Å². The molecular weight excluding hydrogens is 652 g/mol. The predicted molar refractivity (Wildman–Crippen MR) is 172 cm³/mol. The number of esters is 4. The Morgan fingerprint density at radius 3 is 1.80 bits per heavy atom. The third-order valence-electron chi connectivity index (χ3n) is 7.35. The van der Waals surface area contributed by atoms with Gasteiger partial charge in [0, 0.05) is 12.2 Å². The largest absolute Gasteiger partial charge is 0.490 e. The second kappa shape index (κ2) is 18.5. The highest BCUT2D eigenvalue weighted by molar-refractivity contribution is 5.98. The number of nitrogens with zero attached hydrogens (tertiary/aromatic N) is 2. The number of carbonyl (C=O) groups excluding carboxylic acids is 4. The zero-order chi connectivity index (χ0) is 35.9. The van der Waals surface area contributed by atoms with E-state index in [-0.39, 0.29) is 51.6 Å². The summed E-state index contributed by atoms with van der Waals surface area (Å²) in [6.45, 7) is 6.91. The molecule has 5 atom stereocenters. The lowest BCUT2D eigenvalue weighted by Crippen LogP contribution is -2.37. The van der Waals surface area contributed by atoms with Crippen LogP contribution in [-0.2, 0) is 54.0 Å². The number of fused-ring (bicyclic) bond motifs is 1. The summed E-state index contributed by atoms with van der Waals surface area (Å²) >= 11 is 0. The van der Waals surface area contributed by atoms with Crippen LogP contribution in [0.4, 0.5) is 0 Å². The second-order valence-corrected chi connectivity index (χ2v) is 10.7. The fourth-order valence-corrected chi connectivity index (χ4v) is 4.89. The van der Waals surface area contributed by atoms with E-state index in [0.717, 1.165) is 12.2 Å². The van der Waals surface area contributed by atoms with Crippen molar-refractivity contribution in [1.29, 1.82) is 10.5 Å². The van der Waals surface area contributed by atoms with Crippen molar-refractivity contribution < 1.29 is 57.1 Å². The molecule has 2 aromatic rings. The summed E-state index contributed by atoms with van der Waals surface area (Å²) in [5.41, 5.74) is 0.969. The van der Waals surface area contributed by atoms with E-state index >= 15 is 0 Å². The molecule has 260 valence electrons. The van der Waals surface area contributed by atoms with Crippen LogP contribution in [0.25, 0.3) is 6.08 Å². The van der Waals surface area contributed by atoms with Crippen LogP contribution >= 0.6 is 0 Å². The van der Waals surface area contributed by atoms with Crippen molar-refractivity contribution in [1.82, 2.24) is 0 Å². The minimum absolute atomic E-state index is 0.0343. The number of ether oxygens (including phenoxy) is 8. The van der Waals surface area contributed by atoms with Gasteiger partial charge in [0.15, 0.2) is 12.2 Å². The molecule has 14 heteroatoms. The Morgan fingerprint density at radius 2 is 1.30 bits per heavy atom. The van der Waals surface area contributed by atoms with Crippen molar-refractivity contribution in [3.63, 3.8) is 0 Å². The number of rotatable bonds is 17. The molecule has 0 aromatic heterocycles. The van der Waals surface area contributed by atoms with Gasteiger partial charge in [-0.25, -0.2) is 14.4 Å². The number of hydrogen-bond donors (Lipinski definition) is 0. The highest BCUT2D eigenvalue weighted by atomic mass is 16.7. The minimum Gasteiger partial charge on any atom is -0.490 e. The fourth-order valence-electron chi connectivity index (χ4n) is 4.89. The zero-order valence-electron chi connectivity index (χ0n) is 26.9. The van der Waals surface area contributed by atoms with Crippen molar-refractivity contribution in [3.05, 3.63) is 90.5 Å². The van der Waals surface area contributed by atoms with Gasteiger partial charge in [-0.15, -0.1) is 0 Å². The highest BCUT2D eigenvalue weighted by Gasteiger charge is 2.51. The minimum atomic E-state index is -1.11. The van der Waals surface area contributed by atoms with Crippen molar-refractivity contribution in [2.45, 2.75) is 30.8 Å². The summed E-state index contributed by atoms with van der Waals surface area (Å²) in [7, 11) is 0. The van der Waals surface area contributed by atoms with Crippen LogP contribution in [0, 0.1) is 28.6 Å². The Bertz CT molecular complexity index is 1660. The average molecular weight is 687 g/mol. The Morgan fingerprint density at radius 1 is 0.780 bits per heavy atom. The van der Waals surface area contributed by atoms with E-state index in [9.17, 15) is 29.7 Å². The number of carbonyl (C=O) groups is 4. The molecule has 0 amide bonds. The van der Waals surface area contributed by atoms with Gasteiger partial charge >= 0.3 is 23.9 Å². The van der Waals surface area contributed by atoms with Gasteiger partial charge in [0.1, 0.15) is 67.7 Å². The molecule has 2 unspecified atom stereocenters. The molecule has 0 saturated carbocycles. The van der Waals surface area contributed by atoms with Crippen LogP contribution in [0.1, 0.15) is 11.1 Å². The highest BCUT2D eigenvalue weighted by Crippen LogP contribution is 2.32. The van der Waals surface area contributed by atoms with Crippen molar-refractivity contribution in [3.8, 4) is 23.6 Å². The smallest absolute Gasteiger partial charge is 0.349 e. The van der Waals surface area contributed by atoms with E-state index in [2.05, 4.69) is 13.2 Å². The normalized spacial score (nSPS) is 19.8. The quantitative estimate of drug-likeness (QED) is 0.0776. The summed E-state index contributed by atoms with van der Waals surface area (Å²) < 4.78 is 43.3. The van der Waals surface area contributed by atoms with Gasteiger partial charge < -0.3 is 37.9 Å². The van der Waals surface area contributed by atoms with Crippen LogP contribution in [0.2, 0.25) is 0 Å². The summed E-state index contributed by atoms with van der Waals surface area (Å²) in [5.74, 6) is -2.84. The molecule has 14 nitrogen and oxygen atoms in total. The summed E-state index contributed by atoms with van der Waals surface area (Å²) in [4.78, 5) is 48.0. The Kier molecular flexibility index (Phi) is 13.7. The molecule has 4 rings (SSSR count). The fraction of sp³-hybridized carbons (Fsp3) is 0.333. The molecule has 2 aromatic carbocycles. The van der Waals surface area contributed by atoms with Crippen LogP contribution in [0.15, 0.2) is 79.4 Å². The van der Waals surface area contributed by atoms with E-state index in [1.54, 1.807) is 48.5 Å². The topological polar surface area (TPSA) is 190 Å². The van der Waals surface area contributed by atoms with Gasteiger partial charge in [-0.05, 0) is 47.9 Å². The van der Waals surface area contributed by atoms with Gasteiger partial charge in [-0.1, -0.05) is 37.4 Å². The molecule has 0 bridgehead atoms. The van der Waals surface area contributed by atoms with Gasteiger partial charge in [-0.2, -0.15) is 10.5 Å². The van der Waals surface area contributed by atoms with Crippen molar-refractivity contribution in [2.75, 3.05) is 39.6 Å². The number of nitriles is 2. The molecule has 2 aliphatic heterocycles. The summed E-state index contributed by atoms with van der Waals surface area (Å²) in [6, 6.07) is 17.1. The first-order valence-corrected chi connectivity index (χ1v) is 15.4.